The van der Waals surface area contributed by atoms with Crippen LogP contribution in [-0.2, 0) is 0 Å². The lowest BCUT2D eigenvalue weighted by Gasteiger charge is -2.29. The van der Waals surface area contributed by atoms with E-state index < -0.39 is 0 Å². The lowest BCUT2D eigenvalue weighted by Crippen LogP contribution is -2.42. The molecule has 9 heteroatoms. The summed E-state index contributed by atoms with van der Waals surface area (Å²) in [7, 11) is 6.41. The molecule has 1 atom stereocenters. The highest BCUT2D eigenvalue weighted by Crippen LogP contribution is 2.41. The van der Waals surface area contributed by atoms with E-state index in [1.165, 1.54) is 0 Å². The van der Waals surface area contributed by atoms with Crippen LogP contribution in [0.1, 0.15) is 17.2 Å². The number of nitrogens with zero attached hydrogens (tertiary/aromatic N) is 1. The maximum absolute atomic E-state index is 11.2. The second-order valence-electron chi connectivity index (χ2n) is 8.79. The second kappa shape index (κ2) is 11.0. The van der Waals surface area contributed by atoms with Gasteiger partial charge in [0.2, 0.25) is 0 Å². The van der Waals surface area contributed by atoms with Crippen LogP contribution in [0, 0.1) is 0 Å². The van der Waals surface area contributed by atoms with Gasteiger partial charge in [-0.3, -0.25) is 10.4 Å². The molecule has 5 rings (SSSR count). The summed E-state index contributed by atoms with van der Waals surface area (Å²) in [6, 6.07) is 22.3. The number of hydrogen-bond donors (Lipinski definition) is 3. The summed E-state index contributed by atoms with van der Waals surface area (Å²) in [5.74, 6) is 2.74. The Bertz CT molecular complexity index is 1570. The fourth-order valence-electron chi connectivity index (χ4n) is 4.64. The van der Waals surface area contributed by atoms with Crippen molar-refractivity contribution in [2.75, 3.05) is 33.8 Å². The van der Waals surface area contributed by atoms with Crippen molar-refractivity contribution in [3.8, 4) is 28.7 Å². The number of rotatable bonds is 7. The summed E-state index contributed by atoms with van der Waals surface area (Å²) >= 11 is 5.89. The zero-order chi connectivity index (χ0) is 27.5. The first kappa shape index (κ1) is 26.0. The number of methoxy groups -OCH3 is 4. The molecule has 0 aliphatic carbocycles. The predicted molar refractivity (Wildman–Crippen MR) is 157 cm³/mol. The summed E-state index contributed by atoms with van der Waals surface area (Å²) in [6.45, 7) is 0. The average Bonchev–Trinajstić information content (AvgIpc) is 3.42. The lowest BCUT2D eigenvalue weighted by atomic mass is 10.0. The molecule has 39 heavy (non-hydrogen) atoms. The summed E-state index contributed by atoms with van der Waals surface area (Å²) in [5, 5.41) is 18.4. The highest BCUT2D eigenvalue weighted by atomic mass is 32.1. The number of anilines is 1. The number of thiocarbonyl (C=S) groups is 1. The molecule has 1 heterocycles. The molecule has 0 aromatic heterocycles. The molecule has 200 valence electrons. The average molecular weight is 544 g/mol. The highest BCUT2D eigenvalue weighted by molar-refractivity contribution is 7.80. The fourth-order valence-corrected chi connectivity index (χ4v) is 4.91. The smallest absolute Gasteiger partial charge is 0.193 e. The topological polar surface area (TPSA) is 84.5 Å². The molecule has 0 fully saturated rings. The molecule has 0 amide bonds. The lowest BCUT2D eigenvalue weighted by molar-refractivity contribution is 0.331. The molecule has 0 spiro atoms. The van der Waals surface area contributed by atoms with E-state index in [0.29, 0.717) is 45.1 Å². The number of phenolic OH excluding ortho intramolecular Hbond substituents is 1. The molecule has 0 saturated heterocycles. The van der Waals surface area contributed by atoms with Crippen molar-refractivity contribution < 1.29 is 24.1 Å². The zero-order valence-corrected chi connectivity index (χ0v) is 22.8. The third-order valence-corrected chi connectivity index (χ3v) is 6.96. The van der Waals surface area contributed by atoms with Gasteiger partial charge in [-0.25, -0.2) is 0 Å². The van der Waals surface area contributed by atoms with Crippen molar-refractivity contribution in [2.45, 2.75) is 6.04 Å². The van der Waals surface area contributed by atoms with E-state index in [-0.39, 0.29) is 11.8 Å². The summed E-state index contributed by atoms with van der Waals surface area (Å²) in [6.07, 6.45) is 2.01. The van der Waals surface area contributed by atoms with Crippen molar-refractivity contribution in [3.05, 3.63) is 90.0 Å². The van der Waals surface area contributed by atoms with Gasteiger partial charge in [0, 0.05) is 28.6 Å². The van der Waals surface area contributed by atoms with E-state index >= 15 is 0 Å². The van der Waals surface area contributed by atoms with Crippen molar-refractivity contribution in [2.24, 2.45) is 0 Å². The van der Waals surface area contributed by atoms with Gasteiger partial charge in [0.05, 0.1) is 39.8 Å². The Morgan fingerprint density at radius 2 is 1.54 bits per heavy atom. The van der Waals surface area contributed by atoms with Crippen LogP contribution in [0.5, 0.6) is 28.7 Å². The van der Waals surface area contributed by atoms with Crippen LogP contribution in [0.15, 0.2) is 78.9 Å². The SMILES string of the molecule is COc1ccc(NC(=S)N2NC(c3ccc4ccccc4c3O)=CC2c2ccc(OC)cc2OC)c(OC)c1. The molecule has 0 saturated carbocycles. The van der Waals surface area contributed by atoms with Crippen molar-refractivity contribution >= 4 is 39.5 Å². The van der Waals surface area contributed by atoms with Crippen molar-refractivity contribution in [1.29, 1.82) is 0 Å². The number of fused-ring (bicyclic) bond motifs is 1. The van der Waals surface area contributed by atoms with Gasteiger partial charge in [-0.2, -0.15) is 0 Å². The molecule has 0 radical (unpaired) electrons. The third kappa shape index (κ3) is 4.96. The minimum Gasteiger partial charge on any atom is -0.507 e. The summed E-state index contributed by atoms with van der Waals surface area (Å²) < 4.78 is 22.0. The fraction of sp³-hybridized carbons (Fsp3) is 0.167. The molecule has 8 nitrogen and oxygen atoms in total. The van der Waals surface area contributed by atoms with E-state index in [4.69, 9.17) is 31.2 Å². The molecule has 0 bridgehead atoms. The van der Waals surface area contributed by atoms with Crippen LogP contribution in [0.4, 0.5) is 5.69 Å². The largest absolute Gasteiger partial charge is 0.507 e. The Morgan fingerprint density at radius 3 is 2.26 bits per heavy atom. The van der Waals surface area contributed by atoms with E-state index in [9.17, 15) is 5.11 Å². The van der Waals surface area contributed by atoms with E-state index in [1.807, 2.05) is 77.8 Å². The van der Waals surface area contributed by atoms with Gasteiger partial charge in [0.25, 0.3) is 0 Å². The molecule has 4 aromatic rings. The minimum absolute atomic E-state index is 0.185. The predicted octanol–water partition coefficient (Wildman–Crippen LogP) is 5.88. The van der Waals surface area contributed by atoms with Gasteiger partial charge in [-0.1, -0.05) is 30.3 Å². The molecular formula is C30H29N3O5S. The van der Waals surface area contributed by atoms with E-state index in [1.54, 1.807) is 34.5 Å². The normalized spacial score (nSPS) is 14.4. The minimum atomic E-state index is -0.379. The summed E-state index contributed by atoms with van der Waals surface area (Å²) in [5.41, 5.74) is 6.28. The first-order chi connectivity index (χ1) is 19.0. The van der Waals surface area contributed by atoms with Crippen LogP contribution < -0.4 is 29.7 Å². The first-order valence-corrected chi connectivity index (χ1v) is 12.6. The van der Waals surface area contributed by atoms with Crippen molar-refractivity contribution in [3.63, 3.8) is 0 Å². The van der Waals surface area contributed by atoms with Crippen LogP contribution in [0.25, 0.3) is 16.5 Å². The van der Waals surface area contributed by atoms with Crippen LogP contribution in [-0.4, -0.2) is 43.7 Å². The number of hydrogen-bond acceptors (Lipinski definition) is 7. The maximum Gasteiger partial charge on any atom is 0.193 e. The third-order valence-electron chi connectivity index (χ3n) is 6.66. The number of phenols is 1. The van der Waals surface area contributed by atoms with Gasteiger partial charge in [-0.15, -0.1) is 0 Å². The number of aromatic hydroxyl groups is 1. The Hall–Kier alpha value is -4.63. The van der Waals surface area contributed by atoms with Crippen LogP contribution in [0.3, 0.4) is 0 Å². The molecule has 1 aliphatic heterocycles. The Labute approximate surface area is 232 Å². The quantitative estimate of drug-likeness (QED) is 0.248. The number of nitrogens with one attached hydrogen (secondary N) is 2. The maximum atomic E-state index is 11.2. The Kier molecular flexibility index (Phi) is 7.33. The zero-order valence-electron chi connectivity index (χ0n) is 22.0. The molecule has 4 aromatic carbocycles. The number of ether oxygens (including phenoxy) is 4. The van der Waals surface area contributed by atoms with Crippen LogP contribution in [0.2, 0.25) is 0 Å². The summed E-state index contributed by atoms with van der Waals surface area (Å²) in [4.78, 5) is 0. The molecule has 3 N–H and O–H groups in total. The van der Waals surface area contributed by atoms with Crippen LogP contribution >= 0.6 is 12.2 Å². The standard InChI is InChI=1S/C30H29N3O5S/c1-35-19-10-13-23(27(15-19)37-3)26-17-25(22-12-9-18-7-5-6-8-21(18)29(22)34)32-33(26)30(39)31-24-14-11-20(36-2)16-28(24)38-4/h5-17,26,32,34H,1-4H3,(H,31,39). The van der Waals surface area contributed by atoms with Crippen molar-refractivity contribution in [1.82, 2.24) is 10.4 Å². The molecule has 1 aliphatic rings. The van der Waals surface area contributed by atoms with Gasteiger partial charge >= 0.3 is 0 Å². The monoisotopic (exact) mass is 543 g/mol. The van der Waals surface area contributed by atoms with Gasteiger partial charge in [-0.05, 0) is 54.0 Å². The van der Waals surface area contributed by atoms with E-state index in [2.05, 4.69) is 10.7 Å². The molecule has 1 unspecified atom stereocenters. The van der Waals surface area contributed by atoms with Gasteiger partial charge < -0.3 is 29.4 Å². The Balaban J connectivity index is 1.56. The number of hydrazine groups is 1. The second-order valence-corrected chi connectivity index (χ2v) is 9.18. The first-order valence-electron chi connectivity index (χ1n) is 12.2. The highest BCUT2D eigenvalue weighted by Gasteiger charge is 2.32. The van der Waals surface area contributed by atoms with Gasteiger partial charge in [0.15, 0.2) is 5.11 Å². The van der Waals surface area contributed by atoms with Gasteiger partial charge in [0.1, 0.15) is 34.8 Å². The Morgan fingerprint density at radius 1 is 0.846 bits per heavy atom. The molecular weight excluding hydrogens is 514 g/mol. The van der Waals surface area contributed by atoms with E-state index in [0.717, 1.165) is 16.3 Å². The number of benzene rings is 4.